The smallest absolute Gasteiger partial charge is 0.150 e. The summed E-state index contributed by atoms with van der Waals surface area (Å²) in [5, 5.41) is 0. The molecule has 0 bridgehead atoms. The zero-order valence-electron chi connectivity index (χ0n) is 25.4. The summed E-state index contributed by atoms with van der Waals surface area (Å²) in [5.41, 5.74) is 12.9. The number of carbonyl (C=O) groups is 1. The number of benzene rings is 2. The molecule has 0 fully saturated rings. The van der Waals surface area contributed by atoms with Crippen LogP contribution in [-0.4, -0.2) is 6.29 Å². The fourth-order valence-electron chi connectivity index (χ4n) is 6.69. The van der Waals surface area contributed by atoms with Gasteiger partial charge < -0.3 is 0 Å². The summed E-state index contributed by atoms with van der Waals surface area (Å²) in [5.74, 6) is 0. The lowest BCUT2D eigenvalue weighted by Gasteiger charge is -2.23. The number of carbonyl (C=O) groups excluding carboxylic acids is 1. The minimum absolute atomic E-state index is 0.941. The molecule has 1 aliphatic carbocycles. The SMILES string of the molecule is CCCCCCCCCCCc1c(C=O)c2c(c(CCCC)c1CCCC)-c1c(CCCC)cccc1C2. The van der Waals surface area contributed by atoms with Gasteiger partial charge in [0.25, 0.3) is 0 Å². The maximum atomic E-state index is 12.8. The van der Waals surface area contributed by atoms with Crippen molar-refractivity contribution in [1.82, 2.24) is 0 Å². The van der Waals surface area contributed by atoms with Crippen LogP contribution in [0, 0.1) is 0 Å². The molecular weight excluding hydrogens is 460 g/mol. The fraction of sp³-hybridized carbons (Fsp3) is 0.649. The Balaban J connectivity index is 1.95. The first-order chi connectivity index (χ1) is 18.7. The molecule has 0 radical (unpaired) electrons. The molecule has 38 heavy (non-hydrogen) atoms. The summed E-state index contributed by atoms with van der Waals surface area (Å²) < 4.78 is 0. The van der Waals surface area contributed by atoms with Crippen LogP contribution in [0.4, 0.5) is 0 Å². The Labute approximate surface area is 235 Å². The van der Waals surface area contributed by atoms with Crippen LogP contribution in [0.25, 0.3) is 11.1 Å². The topological polar surface area (TPSA) is 17.1 Å². The number of hydrogen-bond acceptors (Lipinski definition) is 1. The molecule has 0 atom stereocenters. The Morgan fingerprint density at radius 3 is 1.76 bits per heavy atom. The second-order valence-electron chi connectivity index (χ2n) is 11.8. The number of aryl methyl sites for hydroxylation is 1. The van der Waals surface area contributed by atoms with E-state index in [1.165, 1.54) is 136 Å². The van der Waals surface area contributed by atoms with Crippen LogP contribution in [0.2, 0.25) is 0 Å². The Kier molecular flexibility index (Phi) is 13.7. The van der Waals surface area contributed by atoms with Gasteiger partial charge in [-0.05, 0) is 102 Å². The molecule has 0 spiro atoms. The fourth-order valence-corrected chi connectivity index (χ4v) is 6.69. The average Bonchev–Trinajstić information content (AvgIpc) is 3.32. The van der Waals surface area contributed by atoms with Gasteiger partial charge in [0.05, 0.1) is 0 Å². The minimum Gasteiger partial charge on any atom is -0.298 e. The van der Waals surface area contributed by atoms with Gasteiger partial charge in [0, 0.05) is 5.56 Å². The highest BCUT2D eigenvalue weighted by Gasteiger charge is 2.30. The number of rotatable bonds is 20. The van der Waals surface area contributed by atoms with Crippen molar-refractivity contribution in [3.63, 3.8) is 0 Å². The standard InChI is InChI=1S/C37H56O/c1-5-9-13-14-15-16-17-18-19-26-32-31(24-11-7-3)33(25-12-8-4)37-34(35(32)28-38)27-30-23-20-22-29(36(30)37)21-10-6-2/h20,22-23,28H,5-19,21,24-27H2,1-4H3. The van der Waals surface area contributed by atoms with Gasteiger partial charge in [-0.3, -0.25) is 4.79 Å². The van der Waals surface area contributed by atoms with Gasteiger partial charge in [-0.2, -0.15) is 0 Å². The van der Waals surface area contributed by atoms with Crippen molar-refractivity contribution >= 4 is 6.29 Å². The molecule has 2 aromatic rings. The van der Waals surface area contributed by atoms with Gasteiger partial charge in [0.15, 0.2) is 6.29 Å². The monoisotopic (exact) mass is 516 g/mol. The third-order valence-electron chi connectivity index (χ3n) is 8.85. The molecule has 1 aliphatic rings. The molecule has 2 aromatic carbocycles. The van der Waals surface area contributed by atoms with Crippen molar-refractivity contribution < 1.29 is 4.79 Å². The number of fused-ring (bicyclic) bond motifs is 3. The van der Waals surface area contributed by atoms with E-state index in [0.29, 0.717) is 0 Å². The van der Waals surface area contributed by atoms with Crippen molar-refractivity contribution in [2.75, 3.05) is 0 Å². The van der Waals surface area contributed by atoms with Crippen molar-refractivity contribution in [3.05, 3.63) is 57.1 Å². The summed E-state index contributed by atoms with van der Waals surface area (Å²) in [6.07, 6.45) is 26.1. The maximum absolute atomic E-state index is 12.8. The van der Waals surface area contributed by atoms with Crippen LogP contribution in [0.5, 0.6) is 0 Å². The first-order valence-electron chi connectivity index (χ1n) is 16.5. The van der Waals surface area contributed by atoms with Gasteiger partial charge in [0.1, 0.15) is 0 Å². The van der Waals surface area contributed by atoms with E-state index in [0.717, 1.165) is 37.7 Å². The Morgan fingerprint density at radius 1 is 0.579 bits per heavy atom. The molecule has 0 saturated carbocycles. The van der Waals surface area contributed by atoms with Crippen LogP contribution in [-0.2, 0) is 32.1 Å². The van der Waals surface area contributed by atoms with Crippen molar-refractivity contribution in [2.24, 2.45) is 0 Å². The van der Waals surface area contributed by atoms with E-state index in [9.17, 15) is 4.79 Å². The summed E-state index contributed by atoms with van der Waals surface area (Å²) in [6.45, 7) is 9.20. The van der Waals surface area contributed by atoms with Gasteiger partial charge in [-0.1, -0.05) is 117 Å². The molecule has 0 aromatic heterocycles. The Hall–Kier alpha value is -1.89. The third kappa shape index (κ3) is 7.83. The van der Waals surface area contributed by atoms with Crippen molar-refractivity contribution in [2.45, 2.75) is 156 Å². The zero-order valence-corrected chi connectivity index (χ0v) is 25.4. The van der Waals surface area contributed by atoms with E-state index < -0.39 is 0 Å². The summed E-state index contributed by atoms with van der Waals surface area (Å²) >= 11 is 0. The summed E-state index contributed by atoms with van der Waals surface area (Å²) in [7, 11) is 0. The Bertz CT molecular complexity index is 998. The molecule has 0 heterocycles. The van der Waals surface area contributed by atoms with Gasteiger partial charge in [-0.15, -0.1) is 0 Å². The lowest BCUT2D eigenvalue weighted by molar-refractivity contribution is 0.112. The van der Waals surface area contributed by atoms with Crippen molar-refractivity contribution in [3.8, 4) is 11.1 Å². The zero-order chi connectivity index (χ0) is 27.2. The normalized spacial score (nSPS) is 12.1. The first-order valence-corrected chi connectivity index (χ1v) is 16.5. The van der Waals surface area contributed by atoms with Gasteiger partial charge >= 0.3 is 0 Å². The van der Waals surface area contributed by atoms with E-state index in [4.69, 9.17) is 0 Å². The van der Waals surface area contributed by atoms with Crippen LogP contribution >= 0.6 is 0 Å². The van der Waals surface area contributed by atoms with E-state index >= 15 is 0 Å². The van der Waals surface area contributed by atoms with E-state index in [2.05, 4.69) is 45.9 Å². The first kappa shape index (κ1) is 30.6. The molecule has 0 aliphatic heterocycles. The molecule has 0 unspecified atom stereocenters. The van der Waals surface area contributed by atoms with Crippen LogP contribution in [0.15, 0.2) is 18.2 Å². The largest absolute Gasteiger partial charge is 0.298 e. The lowest BCUT2D eigenvalue weighted by Crippen LogP contribution is -2.10. The van der Waals surface area contributed by atoms with E-state index in [1.807, 2.05) is 0 Å². The van der Waals surface area contributed by atoms with Crippen molar-refractivity contribution in [1.29, 1.82) is 0 Å². The highest BCUT2D eigenvalue weighted by molar-refractivity contribution is 5.92. The highest BCUT2D eigenvalue weighted by atomic mass is 16.1. The molecule has 3 rings (SSSR count). The lowest BCUT2D eigenvalue weighted by atomic mass is 9.80. The molecule has 0 saturated heterocycles. The quantitative estimate of drug-likeness (QED) is 0.108. The van der Waals surface area contributed by atoms with Gasteiger partial charge in [-0.25, -0.2) is 0 Å². The second kappa shape index (κ2) is 16.9. The molecule has 1 heteroatoms. The van der Waals surface area contributed by atoms with E-state index in [1.54, 1.807) is 11.1 Å². The van der Waals surface area contributed by atoms with Crippen LogP contribution in [0.1, 0.15) is 168 Å². The number of hydrogen-bond donors (Lipinski definition) is 0. The predicted molar refractivity (Wildman–Crippen MR) is 167 cm³/mol. The Morgan fingerprint density at radius 2 is 1.13 bits per heavy atom. The van der Waals surface area contributed by atoms with Gasteiger partial charge in [0.2, 0.25) is 0 Å². The third-order valence-corrected chi connectivity index (χ3v) is 8.85. The number of aldehydes is 1. The molecule has 210 valence electrons. The predicted octanol–water partition coefficient (Wildman–Crippen LogP) is 11.2. The van der Waals surface area contributed by atoms with E-state index in [-0.39, 0.29) is 0 Å². The molecule has 1 nitrogen and oxygen atoms in total. The number of unbranched alkanes of at least 4 members (excludes halogenated alkanes) is 11. The second-order valence-corrected chi connectivity index (χ2v) is 11.8. The van der Waals surface area contributed by atoms with Crippen LogP contribution in [0.3, 0.4) is 0 Å². The highest BCUT2D eigenvalue weighted by Crippen LogP contribution is 2.46. The molecule has 0 N–H and O–H groups in total. The summed E-state index contributed by atoms with van der Waals surface area (Å²) in [4.78, 5) is 12.8. The minimum atomic E-state index is 0.941. The summed E-state index contributed by atoms with van der Waals surface area (Å²) in [6, 6.07) is 6.94. The average molecular weight is 517 g/mol. The molecule has 0 amide bonds. The maximum Gasteiger partial charge on any atom is 0.150 e. The molecular formula is C37H56O. The van der Waals surface area contributed by atoms with Crippen LogP contribution < -0.4 is 0 Å².